The number of nitrogens with one attached hydrogen (secondary N) is 1. The van der Waals surface area contributed by atoms with E-state index in [4.69, 9.17) is 18.0 Å². The number of halogens is 1. The molecule has 0 saturated carbocycles. The van der Waals surface area contributed by atoms with Gasteiger partial charge in [-0.2, -0.15) is 0 Å². The molecule has 5 nitrogen and oxygen atoms in total. The predicted molar refractivity (Wildman–Crippen MR) is 83.2 cm³/mol. The molecule has 3 N–H and O–H groups in total. The standard InChI is InChI=1S/C12H12FN3O2S3/c1-7-15-6-11(20-7)21(17,18)16-5-9-3-2-8(12(14)19)4-10(9)13/h2-4,6,16H,5H2,1H3,(H2,14,19). The van der Waals surface area contributed by atoms with Gasteiger partial charge in [-0.15, -0.1) is 11.3 Å². The van der Waals surface area contributed by atoms with Gasteiger partial charge in [-0.25, -0.2) is 22.5 Å². The Kier molecular flexibility index (Phi) is 4.67. The minimum absolute atomic E-state index is 0.0844. The number of sulfonamides is 1. The summed E-state index contributed by atoms with van der Waals surface area (Å²) in [5.41, 5.74) is 6.01. The van der Waals surface area contributed by atoms with Crippen LogP contribution in [0.2, 0.25) is 0 Å². The van der Waals surface area contributed by atoms with Crippen LogP contribution in [0.4, 0.5) is 4.39 Å². The number of nitrogens with zero attached hydrogens (tertiary/aromatic N) is 1. The molecule has 0 aliphatic carbocycles. The van der Waals surface area contributed by atoms with Gasteiger partial charge in [0, 0.05) is 17.7 Å². The van der Waals surface area contributed by atoms with Gasteiger partial charge >= 0.3 is 0 Å². The highest BCUT2D eigenvalue weighted by Crippen LogP contribution is 2.18. The number of thiocarbonyl (C=S) groups is 1. The fraction of sp³-hybridized carbons (Fsp3) is 0.167. The molecule has 1 aromatic carbocycles. The van der Waals surface area contributed by atoms with Crippen LogP contribution in [0.25, 0.3) is 0 Å². The molecule has 0 saturated heterocycles. The maximum absolute atomic E-state index is 13.8. The van der Waals surface area contributed by atoms with E-state index in [1.807, 2.05) is 0 Å². The molecule has 2 aromatic rings. The number of nitrogens with two attached hydrogens (primary N) is 1. The Morgan fingerprint density at radius 2 is 2.24 bits per heavy atom. The van der Waals surface area contributed by atoms with Crippen LogP contribution in [0.3, 0.4) is 0 Å². The zero-order valence-electron chi connectivity index (χ0n) is 11.0. The van der Waals surface area contributed by atoms with Crippen LogP contribution in [0, 0.1) is 12.7 Å². The highest BCUT2D eigenvalue weighted by atomic mass is 32.2. The number of aryl methyl sites for hydroxylation is 1. The van der Waals surface area contributed by atoms with E-state index in [-0.39, 0.29) is 21.3 Å². The minimum atomic E-state index is -3.69. The number of hydrogen-bond acceptors (Lipinski definition) is 5. The Bertz CT molecular complexity index is 787. The number of aromatic nitrogens is 1. The van der Waals surface area contributed by atoms with E-state index in [1.54, 1.807) is 13.0 Å². The Morgan fingerprint density at radius 1 is 1.52 bits per heavy atom. The maximum atomic E-state index is 13.8. The molecule has 0 fully saturated rings. The second-order valence-corrected chi connectivity index (χ2v) is 7.86. The highest BCUT2D eigenvalue weighted by molar-refractivity contribution is 7.91. The van der Waals surface area contributed by atoms with E-state index < -0.39 is 15.8 Å². The number of benzene rings is 1. The topological polar surface area (TPSA) is 85.1 Å². The highest BCUT2D eigenvalue weighted by Gasteiger charge is 2.17. The molecule has 9 heteroatoms. The molecule has 0 bridgehead atoms. The van der Waals surface area contributed by atoms with Crippen LogP contribution < -0.4 is 10.5 Å². The maximum Gasteiger partial charge on any atom is 0.251 e. The number of thiazole rings is 1. The van der Waals surface area contributed by atoms with Crippen molar-refractivity contribution in [3.8, 4) is 0 Å². The lowest BCUT2D eigenvalue weighted by Gasteiger charge is -2.07. The molecular formula is C12H12FN3O2S3. The third-order valence-electron chi connectivity index (χ3n) is 2.66. The van der Waals surface area contributed by atoms with Crippen LogP contribution in [-0.4, -0.2) is 18.4 Å². The van der Waals surface area contributed by atoms with E-state index in [0.29, 0.717) is 10.6 Å². The zero-order chi connectivity index (χ0) is 15.6. The van der Waals surface area contributed by atoms with E-state index >= 15 is 0 Å². The van der Waals surface area contributed by atoms with E-state index in [0.717, 1.165) is 11.3 Å². The van der Waals surface area contributed by atoms with Crippen molar-refractivity contribution in [1.82, 2.24) is 9.71 Å². The Balaban J connectivity index is 2.15. The molecule has 21 heavy (non-hydrogen) atoms. The van der Waals surface area contributed by atoms with Crippen molar-refractivity contribution in [3.63, 3.8) is 0 Å². The van der Waals surface area contributed by atoms with Crippen molar-refractivity contribution in [1.29, 1.82) is 0 Å². The molecule has 112 valence electrons. The van der Waals surface area contributed by atoms with Crippen molar-refractivity contribution in [2.45, 2.75) is 17.7 Å². The van der Waals surface area contributed by atoms with Gasteiger partial charge in [0.25, 0.3) is 10.0 Å². The van der Waals surface area contributed by atoms with Gasteiger partial charge < -0.3 is 5.73 Å². The van der Waals surface area contributed by atoms with Gasteiger partial charge in [-0.1, -0.05) is 24.4 Å². The van der Waals surface area contributed by atoms with Gasteiger partial charge in [0.05, 0.1) is 11.2 Å². The summed E-state index contributed by atoms with van der Waals surface area (Å²) >= 11 is 5.80. The smallest absolute Gasteiger partial charge is 0.251 e. The predicted octanol–water partition coefficient (Wildman–Crippen LogP) is 1.70. The molecular weight excluding hydrogens is 333 g/mol. The summed E-state index contributed by atoms with van der Waals surface area (Å²) < 4.78 is 40.3. The Hall–Kier alpha value is -1.42. The molecule has 2 rings (SSSR count). The van der Waals surface area contributed by atoms with Crippen molar-refractivity contribution in [2.24, 2.45) is 5.73 Å². The summed E-state index contributed by atoms with van der Waals surface area (Å²) in [6.45, 7) is 1.54. The van der Waals surface area contributed by atoms with Crippen LogP contribution in [0.5, 0.6) is 0 Å². The quantitative estimate of drug-likeness (QED) is 0.806. The van der Waals surface area contributed by atoms with Crippen LogP contribution in [-0.2, 0) is 16.6 Å². The number of rotatable bonds is 5. The van der Waals surface area contributed by atoms with E-state index in [2.05, 4.69) is 9.71 Å². The molecule has 0 radical (unpaired) electrons. The minimum Gasteiger partial charge on any atom is -0.389 e. The first-order chi connectivity index (χ1) is 9.79. The SMILES string of the molecule is Cc1ncc(S(=O)(=O)NCc2ccc(C(N)=S)cc2F)s1. The fourth-order valence-corrected chi connectivity index (χ4v) is 3.84. The normalized spacial score (nSPS) is 11.5. The van der Waals surface area contributed by atoms with Gasteiger partial charge in [0.2, 0.25) is 0 Å². The largest absolute Gasteiger partial charge is 0.389 e. The fourth-order valence-electron chi connectivity index (χ4n) is 1.55. The Morgan fingerprint density at radius 3 is 2.76 bits per heavy atom. The second-order valence-electron chi connectivity index (χ2n) is 4.19. The molecule has 0 spiro atoms. The lowest BCUT2D eigenvalue weighted by Crippen LogP contribution is -2.23. The van der Waals surface area contributed by atoms with Crippen molar-refractivity contribution < 1.29 is 12.8 Å². The summed E-state index contributed by atoms with van der Waals surface area (Å²) in [4.78, 5) is 3.97. The van der Waals surface area contributed by atoms with E-state index in [1.165, 1.54) is 18.3 Å². The second kappa shape index (κ2) is 6.14. The molecule has 0 amide bonds. The van der Waals surface area contributed by atoms with Gasteiger partial charge in [0.1, 0.15) is 10.8 Å². The monoisotopic (exact) mass is 345 g/mol. The molecule has 0 unspecified atom stereocenters. The van der Waals surface area contributed by atoms with Crippen molar-refractivity contribution >= 4 is 38.6 Å². The van der Waals surface area contributed by atoms with Crippen molar-refractivity contribution in [3.05, 3.63) is 46.3 Å². The van der Waals surface area contributed by atoms with Crippen LogP contribution in [0.1, 0.15) is 16.1 Å². The molecule has 0 aliphatic heterocycles. The Labute approximate surface area is 131 Å². The summed E-state index contributed by atoms with van der Waals surface area (Å²) in [6.07, 6.45) is 1.27. The summed E-state index contributed by atoms with van der Waals surface area (Å²) in [5.74, 6) is -0.566. The summed E-state index contributed by atoms with van der Waals surface area (Å²) in [7, 11) is -3.69. The average molecular weight is 345 g/mol. The van der Waals surface area contributed by atoms with Crippen LogP contribution >= 0.6 is 23.6 Å². The van der Waals surface area contributed by atoms with Crippen molar-refractivity contribution in [2.75, 3.05) is 0 Å². The zero-order valence-corrected chi connectivity index (χ0v) is 13.4. The third-order valence-corrected chi connectivity index (χ3v) is 5.67. The van der Waals surface area contributed by atoms with Crippen LogP contribution in [0.15, 0.2) is 28.6 Å². The lowest BCUT2D eigenvalue weighted by molar-refractivity contribution is 0.576. The first-order valence-corrected chi connectivity index (χ1v) is 8.51. The lowest BCUT2D eigenvalue weighted by atomic mass is 10.1. The van der Waals surface area contributed by atoms with Gasteiger partial charge in [-0.05, 0) is 13.0 Å². The molecule has 0 atom stereocenters. The molecule has 1 aromatic heterocycles. The molecule has 0 aliphatic rings. The number of hydrogen-bond donors (Lipinski definition) is 2. The van der Waals surface area contributed by atoms with Gasteiger partial charge in [0.15, 0.2) is 4.21 Å². The first-order valence-electron chi connectivity index (χ1n) is 5.80. The third kappa shape index (κ3) is 3.82. The molecule has 1 heterocycles. The first kappa shape index (κ1) is 16.0. The summed E-state index contributed by atoms with van der Waals surface area (Å²) in [5, 5.41) is 0.641. The summed E-state index contributed by atoms with van der Waals surface area (Å²) in [6, 6.07) is 4.18. The van der Waals surface area contributed by atoms with E-state index in [9.17, 15) is 12.8 Å². The van der Waals surface area contributed by atoms with Gasteiger partial charge in [-0.3, -0.25) is 0 Å². The average Bonchev–Trinajstić information content (AvgIpc) is 2.84.